The average molecular weight is 500 g/mol. The maximum absolute atomic E-state index is 3.77. The Hall–Kier alpha value is -5.28. The van der Waals surface area contributed by atoms with E-state index in [1.807, 2.05) is 0 Å². The predicted octanol–water partition coefficient (Wildman–Crippen LogP) is 9.89. The van der Waals surface area contributed by atoms with Crippen molar-refractivity contribution in [3.8, 4) is 5.69 Å². The molecule has 0 spiro atoms. The van der Waals surface area contributed by atoms with Crippen molar-refractivity contribution in [1.82, 2.24) is 9.55 Å². The van der Waals surface area contributed by atoms with Gasteiger partial charge >= 0.3 is 0 Å². The number of aromatic nitrogens is 2. The SMILES string of the molecule is c1ccc(N(c2ccccc2)c2cc(-n3c4ccccc4c4ccccc43)c3[nH]c4ccccc4c3c2)cc1. The highest BCUT2D eigenvalue weighted by molar-refractivity contribution is 6.15. The van der Waals surface area contributed by atoms with Gasteiger partial charge in [-0.3, -0.25) is 0 Å². The monoisotopic (exact) mass is 499 g/mol. The lowest BCUT2D eigenvalue weighted by atomic mass is 10.1. The first kappa shape index (κ1) is 21.8. The third-order valence-corrected chi connectivity index (χ3v) is 7.69. The second kappa shape index (κ2) is 8.64. The van der Waals surface area contributed by atoms with Crippen LogP contribution in [0.15, 0.2) is 146 Å². The molecule has 8 rings (SSSR count). The van der Waals surface area contributed by atoms with E-state index in [1.165, 1.54) is 32.6 Å². The third-order valence-electron chi connectivity index (χ3n) is 7.69. The highest BCUT2D eigenvalue weighted by Crippen LogP contribution is 2.42. The molecule has 0 radical (unpaired) electrons. The lowest BCUT2D eigenvalue weighted by Gasteiger charge is -2.26. The number of benzene rings is 6. The minimum absolute atomic E-state index is 1.11. The normalized spacial score (nSPS) is 11.6. The number of H-pyrrole nitrogens is 1. The molecule has 0 bridgehead atoms. The molecule has 0 amide bonds. The van der Waals surface area contributed by atoms with Gasteiger partial charge in [0, 0.05) is 44.1 Å². The van der Waals surface area contributed by atoms with Crippen LogP contribution in [0.2, 0.25) is 0 Å². The summed E-state index contributed by atoms with van der Waals surface area (Å²) in [6.07, 6.45) is 0. The molecule has 8 aromatic rings. The fourth-order valence-corrected chi connectivity index (χ4v) is 6.01. The van der Waals surface area contributed by atoms with Gasteiger partial charge in [-0.25, -0.2) is 0 Å². The van der Waals surface area contributed by atoms with Crippen LogP contribution in [-0.4, -0.2) is 9.55 Å². The summed E-state index contributed by atoms with van der Waals surface area (Å²) in [5.41, 5.74) is 9.15. The van der Waals surface area contributed by atoms with Crippen molar-refractivity contribution >= 4 is 60.7 Å². The summed E-state index contributed by atoms with van der Waals surface area (Å²) in [7, 11) is 0. The summed E-state index contributed by atoms with van der Waals surface area (Å²) < 4.78 is 2.42. The molecule has 2 heterocycles. The third kappa shape index (κ3) is 3.37. The maximum atomic E-state index is 3.77. The zero-order valence-corrected chi connectivity index (χ0v) is 21.3. The van der Waals surface area contributed by atoms with Crippen LogP contribution in [0, 0.1) is 0 Å². The van der Waals surface area contributed by atoms with Crippen molar-refractivity contribution in [3.05, 3.63) is 146 Å². The van der Waals surface area contributed by atoms with Gasteiger partial charge in [0.2, 0.25) is 0 Å². The van der Waals surface area contributed by atoms with Crippen molar-refractivity contribution in [1.29, 1.82) is 0 Å². The Labute approximate surface area is 226 Å². The predicted molar refractivity (Wildman–Crippen MR) is 165 cm³/mol. The zero-order valence-electron chi connectivity index (χ0n) is 21.3. The van der Waals surface area contributed by atoms with E-state index in [4.69, 9.17) is 0 Å². The number of aromatic amines is 1. The second-order valence-corrected chi connectivity index (χ2v) is 9.93. The number of nitrogens with one attached hydrogen (secondary N) is 1. The first-order valence-corrected chi connectivity index (χ1v) is 13.3. The van der Waals surface area contributed by atoms with Crippen molar-refractivity contribution in [2.75, 3.05) is 4.90 Å². The number of nitrogens with zero attached hydrogens (tertiary/aromatic N) is 2. The van der Waals surface area contributed by atoms with Crippen LogP contribution in [0.3, 0.4) is 0 Å². The van der Waals surface area contributed by atoms with E-state index in [0.29, 0.717) is 0 Å². The molecule has 1 N–H and O–H groups in total. The Kier molecular flexibility index (Phi) is 4.82. The minimum atomic E-state index is 1.11. The molecule has 0 saturated heterocycles. The van der Waals surface area contributed by atoms with Crippen molar-refractivity contribution in [2.24, 2.45) is 0 Å². The van der Waals surface area contributed by atoms with E-state index >= 15 is 0 Å². The van der Waals surface area contributed by atoms with Crippen LogP contribution in [0.25, 0.3) is 49.3 Å². The highest BCUT2D eigenvalue weighted by Gasteiger charge is 2.20. The molecule has 3 heteroatoms. The van der Waals surface area contributed by atoms with Crippen molar-refractivity contribution in [2.45, 2.75) is 0 Å². The van der Waals surface area contributed by atoms with Crippen molar-refractivity contribution < 1.29 is 0 Å². The summed E-state index contributed by atoms with van der Waals surface area (Å²) in [5, 5.41) is 4.94. The molecule has 6 aromatic carbocycles. The summed E-state index contributed by atoms with van der Waals surface area (Å²) in [5.74, 6) is 0. The molecular formula is C36H25N3. The van der Waals surface area contributed by atoms with E-state index in [2.05, 4.69) is 160 Å². The quantitative estimate of drug-likeness (QED) is 0.256. The maximum Gasteiger partial charge on any atom is 0.0724 e. The molecule has 0 aliphatic heterocycles. The Morgan fingerprint density at radius 2 is 0.949 bits per heavy atom. The van der Waals surface area contributed by atoms with Gasteiger partial charge in [-0.2, -0.15) is 0 Å². The van der Waals surface area contributed by atoms with E-state index in [-0.39, 0.29) is 0 Å². The lowest BCUT2D eigenvalue weighted by Crippen LogP contribution is -2.10. The summed E-state index contributed by atoms with van der Waals surface area (Å²) in [6.45, 7) is 0. The first-order chi connectivity index (χ1) is 19.4. The molecule has 2 aromatic heterocycles. The summed E-state index contributed by atoms with van der Waals surface area (Å²) in [6, 6.07) is 51.9. The molecule has 0 unspecified atom stereocenters. The summed E-state index contributed by atoms with van der Waals surface area (Å²) >= 11 is 0. The number of para-hydroxylation sites is 5. The van der Waals surface area contributed by atoms with Gasteiger partial charge < -0.3 is 14.5 Å². The van der Waals surface area contributed by atoms with E-state index in [1.54, 1.807) is 0 Å². The molecule has 0 fully saturated rings. The largest absolute Gasteiger partial charge is 0.353 e. The van der Waals surface area contributed by atoms with Crippen LogP contribution in [0.1, 0.15) is 0 Å². The standard InChI is InChI=1S/C36H25N3/c1-3-13-25(14-4-1)38(26-15-5-2-6-16-26)27-23-31-28-17-7-10-20-32(28)37-36(31)35(24-27)39-33-21-11-8-18-29(33)30-19-9-12-22-34(30)39/h1-24,37H. The number of anilines is 3. The van der Waals surface area contributed by atoms with Crippen LogP contribution in [-0.2, 0) is 0 Å². The van der Waals surface area contributed by atoms with Crippen LogP contribution in [0.5, 0.6) is 0 Å². The molecule has 39 heavy (non-hydrogen) atoms. The van der Waals surface area contributed by atoms with Gasteiger partial charge in [0.15, 0.2) is 0 Å². The molecule has 3 nitrogen and oxygen atoms in total. The molecule has 0 aliphatic carbocycles. The van der Waals surface area contributed by atoms with Crippen LogP contribution < -0.4 is 4.90 Å². The smallest absolute Gasteiger partial charge is 0.0724 e. The van der Waals surface area contributed by atoms with Gasteiger partial charge in [0.25, 0.3) is 0 Å². The first-order valence-electron chi connectivity index (χ1n) is 13.3. The zero-order chi connectivity index (χ0) is 25.8. The fourth-order valence-electron chi connectivity index (χ4n) is 6.01. The Balaban J connectivity index is 1.53. The average Bonchev–Trinajstić information content (AvgIpc) is 3.54. The number of hydrogen-bond donors (Lipinski definition) is 1. The molecule has 184 valence electrons. The molecular weight excluding hydrogens is 474 g/mol. The Morgan fingerprint density at radius 3 is 1.56 bits per heavy atom. The second-order valence-electron chi connectivity index (χ2n) is 9.93. The van der Waals surface area contributed by atoms with E-state index < -0.39 is 0 Å². The highest BCUT2D eigenvalue weighted by atomic mass is 15.1. The fraction of sp³-hybridized carbons (Fsp3) is 0. The Bertz CT molecular complexity index is 2030. The topological polar surface area (TPSA) is 24.0 Å². The van der Waals surface area contributed by atoms with E-state index in [9.17, 15) is 0 Å². The van der Waals surface area contributed by atoms with Crippen LogP contribution in [0.4, 0.5) is 17.1 Å². The van der Waals surface area contributed by atoms with Gasteiger partial charge in [0.05, 0.1) is 22.2 Å². The lowest BCUT2D eigenvalue weighted by molar-refractivity contribution is 1.18. The summed E-state index contributed by atoms with van der Waals surface area (Å²) in [4.78, 5) is 6.12. The van der Waals surface area contributed by atoms with Crippen molar-refractivity contribution in [3.63, 3.8) is 0 Å². The van der Waals surface area contributed by atoms with Gasteiger partial charge in [-0.15, -0.1) is 0 Å². The molecule has 0 atom stereocenters. The molecule has 0 saturated carbocycles. The Morgan fingerprint density at radius 1 is 0.436 bits per heavy atom. The number of hydrogen-bond acceptors (Lipinski definition) is 1. The van der Waals surface area contributed by atoms with Gasteiger partial charge in [0.1, 0.15) is 0 Å². The van der Waals surface area contributed by atoms with Gasteiger partial charge in [-0.05, 0) is 54.6 Å². The van der Waals surface area contributed by atoms with Gasteiger partial charge in [-0.1, -0.05) is 91.0 Å². The number of rotatable bonds is 4. The van der Waals surface area contributed by atoms with E-state index in [0.717, 1.165) is 33.8 Å². The number of fused-ring (bicyclic) bond motifs is 6. The van der Waals surface area contributed by atoms with Crippen LogP contribution >= 0.6 is 0 Å². The minimum Gasteiger partial charge on any atom is -0.353 e. The molecule has 0 aliphatic rings.